The van der Waals surface area contributed by atoms with Crippen LogP contribution in [-0.2, 0) is 11.8 Å². The maximum Gasteiger partial charge on any atom is 0.0243 e. The van der Waals surface area contributed by atoms with E-state index < -0.39 is 0 Å². The predicted octanol–water partition coefficient (Wildman–Crippen LogP) is 3.14. The van der Waals surface area contributed by atoms with Crippen molar-refractivity contribution >= 4 is 11.3 Å². The lowest BCUT2D eigenvalue weighted by Crippen LogP contribution is -2.58. The Morgan fingerprint density at radius 1 is 1.29 bits per heavy atom. The molecule has 2 heterocycles. The van der Waals surface area contributed by atoms with Gasteiger partial charge in [-0.15, -0.1) is 0 Å². The first-order chi connectivity index (χ1) is 8.28. The fraction of sp³-hybridized carbons (Fsp3) is 0.333. The summed E-state index contributed by atoms with van der Waals surface area (Å²) < 4.78 is 0. The second-order valence-corrected chi connectivity index (χ2v) is 5.84. The summed E-state index contributed by atoms with van der Waals surface area (Å²) in [6.45, 7) is 4.38. The number of nitrogens with one attached hydrogen (secondary N) is 1. The maximum atomic E-state index is 3.44. The van der Waals surface area contributed by atoms with E-state index in [0.29, 0.717) is 5.41 Å². The van der Waals surface area contributed by atoms with Gasteiger partial charge in [0.05, 0.1) is 0 Å². The lowest BCUT2D eigenvalue weighted by atomic mass is 9.71. The van der Waals surface area contributed by atoms with Crippen molar-refractivity contribution in [2.24, 2.45) is 0 Å². The zero-order chi connectivity index (χ0) is 11.7. The molecular formula is C15H17NS. The van der Waals surface area contributed by atoms with Gasteiger partial charge in [0, 0.05) is 18.5 Å². The molecule has 0 unspecified atom stereocenters. The third-order valence-corrected chi connectivity index (χ3v) is 4.41. The van der Waals surface area contributed by atoms with Crippen LogP contribution >= 0.6 is 11.3 Å². The Morgan fingerprint density at radius 3 is 2.76 bits per heavy atom. The van der Waals surface area contributed by atoms with Crippen molar-refractivity contribution in [3.8, 4) is 0 Å². The summed E-state index contributed by atoms with van der Waals surface area (Å²) in [5, 5.41) is 7.88. The van der Waals surface area contributed by atoms with Crippen LogP contribution in [0.2, 0.25) is 0 Å². The first kappa shape index (κ1) is 11.0. The molecule has 1 aliphatic heterocycles. The topological polar surface area (TPSA) is 12.0 Å². The van der Waals surface area contributed by atoms with E-state index >= 15 is 0 Å². The summed E-state index contributed by atoms with van der Waals surface area (Å²) in [7, 11) is 0. The van der Waals surface area contributed by atoms with Crippen molar-refractivity contribution in [2.75, 3.05) is 13.1 Å². The summed E-state index contributed by atoms with van der Waals surface area (Å²) in [5.41, 5.74) is 4.65. The molecule has 1 aromatic carbocycles. The molecule has 0 amide bonds. The van der Waals surface area contributed by atoms with E-state index in [2.05, 4.69) is 53.3 Å². The molecule has 1 aromatic heterocycles. The Labute approximate surface area is 106 Å². The molecule has 3 rings (SSSR count). The van der Waals surface area contributed by atoms with E-state index in [1.165, 1.54) is 16.7 Å². The van der Waals surface area contributed by atoms with Crippen molar-refractivity contribution < 1.29 is 0 Å². The molecule has 0 spiro atoms. The average molecular weight is 243 g/mol. The van der Waals surface area contributed by atoms with Gasteiger partial charge in [0.2, 0.25) is 0 Å². The van der Waals surface area contributed by atoms with Crippen molar-refractivity contribution in [3.63, 3.8) is 0 Å². The van der Waals surface area contributed by atoms with Crippen LogP contribution < -0.4 is 5.32 Å². The van der Waals surface area contributed by atoms with Gasteiger partial charge >= 0.3 is 0 Å². The Balaban J connectivity index is 1.92. The van der Waals surface area contributed by atoms with Gasteiger partial charge in [0.1, 0.15) is 0 Å². The van der Waals surface area contributed by atoms with E-state index in [4.69, 9.17) is 0 Å². The van der Waals surface area contributed by atoms with Gasteiger partial charge in [-0.1, -0.05) is 29.8 Å². The minimum absolute atomic E-state index is 0.326. The Hall–Kier alpha value is -1.12. The zero-order valence-electron chi connectivity index (χ0n) is 10.1. The van der Waals surface area contributed by atoms with Gasteiger partial charge in [-0.3, -0.25) is 0 Å². The molecule has 2 heteroatoms. The third kappa shape index (κ3) is 2.03. The van der Waals surface area contributed by atoms with Crippen LogP contribution in [0.25, 0.3) is 0 Å². The highest BCUT2D eigenvalue weighted by molar-refractivity contribution is 7.07. The molecule has 0 saturated carbocycles. The SMILES string of the molecule is Cc1cccc(C2(Cc3ccsc3)CNC2)c1. The van der Waals surface area contributed by atoms with Crippen LogP contribution in [0.1, 0.15) is 16.7 Å². The molecule has 1 saturated heterocycles. The van der Waals surface area contributed by atoms with E-state index in [-0.39, 0.29) is 0 Å². The average Bonchev–Trinajstić information content (AvgIpc) is 2.76. The van der Waals surface area contributed by atoms with Crippen molar-refractivity contribution in [1.82, 2.24) is 5.32 Å². The Kier molecular flexibility index (Phi) is 2.77. The third-order valence-electron chi connectivity index (χ3n) is 3.68. The van der Waals surface area contributed by atoms with Crippen molar-refractivity contribution in [3.05, 3.63) is 57.8 Å². The number of aryl methyl sites for hydroxylation is 1. The van der Waals surface area contributed by atoms with Crippen LogP contribution in [0, 0.1) is 6.92 Å². The maximum absolute atomic E-state index is 3.44. The number of thiophene rings is 1. The molecule has 0 atom stereocenters. The normalized spacial score (nSPS) is 17.7. The van der Waals surface area contributed by atoms with E-state index in [0.717, 1.165) is 19.5 Å². The molecule has 1 N–H and O–H groups in total. The monoisotopic (exact) mass is 243 g/mol. The van der Waals surface area contributed by atoms with E-state index in [1.54, 1.807) is 11.3 Å². The molecule has 2 aromatic rings. The van der Waals surface area contributed by atoms with E-state index in [9.17, 15) is 0 Å². The van der Waals surface area contributed by atoms with Crippen molar-refractivity contribution in [2.45, 2.75) is 18.8 Å². The largest absolute Gasteiger partial charge is 0.315 e. The highest BCUT2D eigenvalue weighted by Crippen LogP contribution is 2.33. The minimum Gasteiger partial charge on any atom is -0.315 e. The number of hydrogen-bond acceptors (Lipinski definition) is 2. The molecular weight excluding hydrogens is 226 g/mol. The summed E-state index contributed by atoms with van der Waals surface area (Å²) in [4.78, 5) is 0. The molecule has 0 radical (unpaired) electrons. The molecule has 88 valence electrons. The number of benzene rings is 1. The van der Waals surface area contributed by atoms with Gasteiger partial charge in [-0.25, -0.2) is 0 Å². The van der Waals surface area contributed by atoms with Crippen LogP contribution in [0.3, 0.4) is 0 Å². The van der Waals surface area contributed by atoms with Gasteiger partial charge in [0.15, 0.2) is 0 Å². The Morgan fingerprint density at radius 2 is 2.18 bits per heavy atom. The molecule has 0 bridgehead atoms. The molecule has 1 aliphatic rings. The molecule has 0 aliphatic carbocycles. The molecule has 1 fully saturated rings. The van der Waals surface area contributed by atoms with Crippen molar-refractivity contribution in [1.29, 1.82) is 0 Å². The molecule has 1 nitrogen and oxygen atoms in total. The van der Waals surface area contributed by atoms with Crippen LogP contribution in [0.4, 0.5) is 0 Å². The van der Waals surface area contributed by atoms with Crippen LogP contribution in [0.15, 0.2) is 41.1 Å². The predicted molar refractivity (Wildman–Crippen MR) is 73.7 cm³/mol. The smallest absolute Gasteiger partial charge is 0.0243 e. The van der Waals surface area contributed by atoms with Gasteiger partial charge in [-0.2, -0.15) is 11.3 Å². The van der Waals surface area contributed by atoms with Crippen LogP contribution in [-0.4, -0.2) is 13.1 Å². The van der Waals surface area contributed by atoms with E-state index in [1.807, 2.05) is 0 Å². The van der Waals surface area contributed by atoms with Crippen LogP contribution in [0.5, 0.6) is 0 Å². The summed E-state index contributed by atoms with van der Waals surface area (Å²) in [5.74, 6) is 0. The highest BCUT2D eigenvalue weighted by atomic mass is 32.1. The lowest BCUT2D eigenvalue weighted by Gasteiger charge is -2.43. The zero-order valence-corrected chi connectivity index (χ0v) is 10.9. The summed E-state index contributed by atoms with van der Waals surface area (Å²) in [6, 6.07) is 11.2. The second-order valence-electron chi connectivity index (χ2n) is 5.06. The second kappa shape index (κ2) is 4.28. The van der Waals surface area contributed by atoms with Gasteiger partial charge in [-0.05, 0) is 41.3 Å². The fourth-order valence-corrected chi connectivity index (χ4v) is 3.29. The van der Waals surface area contributed by atoms with Gasteiger partial charge in [0.25, 0.3) is 0 Å². The standard InChI is InChI=1S/C15H17NS/c1-12-3-2-4-14(7-12)15(10-16-11-15)8-13-5-6-17-9-13/h2-7,9,16H,8,10-11H2,1H3. The minimum atomic E-state index is 0.326. The fourth-order valence-electron chi connectivity index (χ4n) is 2.62. The molecule has 17 heavy (non-hydrogen) atoms. The first-order valence-electron chi connectivity index (χ1n) is 6.07. The first-order valence-corrected chi connectivity index (χ1v) is 7.02. The number of rotatable bonds is 3. The highest BCUT2D eigenvalue weighted by Gasteiger charge is 2.38. The summed E-state index contributed by atoms with van der Waals surface area (Å²) >= 11 is 1.79. The Bertz CT molecular complexity index is 497. The van der Waals surface area contributed by atoms with Gasteiger partial charge < -0.3 is 5.32 Å². The number of hydrogen-bond donors (Lipinski definition) is 1. The quantitative estimate of drug-likeness (QED) is 0.873. The summed E-state index contributed by atoms with van der Waals surface area (Å²) in [6.07, 6.45) is 1.16. The lowest BCUT2D eigenvalue weighted by molar-refractivity contribution is 0.275.